The molecule has 23 heavy (non-hydrogen) atoms. The maximum Gasteiger partial charge on any atom is 0.292 e. The van der Waals surface area contributed by atoms with Gasteiger partial charge in [-0.15, -0.1) is 0 Å². The Hall–Kier alpha value is -1.95. The topological polar surface area (TPSA) is 75.5 Å². The molecule has 1 aliphatic heterocycles. The zero-order valence-electron chi connectivity index (χ0n) is 13.2. The predicted octanol–water partition coefficient (Wildman–Crippen LogP) is 3.05. The number of nitrogens with zero attached hydrogens (tertiary/aromatic N) is 2. The first kappa shape index (κ1) is 15.9. The van der Waals surface area contributed by atoms with Gasteiger partial charge in [0.15, 0.2) is 0 Å². The van der Waals surface area contributed by atoms with Crippen molar-refractivity contribution in [3.8, 4) is 0 Å². The second-order valence-electron chi connectivity index (χ2n) is 6.65. The van der Waals surface area contributed by atoms with Crippen LogP contribution in [-0.4, -0.2) is 35.4 Å². The van der Waals surface area contributed by atoms with Crippen molar-refractivity contribution in [1.82, 2.24) is 4.90 Å². The summed E-state index contributed by atoms with van der Waals surface area (Å²) in [6, 6.07) is 6.27. The number of rotatable bonds is 4. The van der Waals surface area contributed by atoms with Gasteiger partial charge in [0.1, 0.15) is 5.69 Å². The summed E-state index contributed by atoms with van der Waals surface area (Å²) in [6.45, 7) is 2.25. The zero-order valence-corrected chi connectivity index (χ0v) is 13.2. The highest BCUT2D eigenvalue weighted by Crippen LogP contribution is 2.35. The number of benzene rings is 1. The van der Waals surface area contributed by atoms with Gasteiger partial charge in [0.25, 0.3) is 5.69 Å². The first-order chi connectivity index (χ1) is 11.1. The molecule has 0 unspecified atom stereocenters. The SMILES string of the molecule is O=C(CN1CC[C@H]2CCCC[C@@H]2C1)Nc1ccccc1[N+](=O)[O-]. The Morgan fingerprint density at radius 2 is 1.96 bits per heavy atom. The highest BCUT2D eigenvalue weighted by Gasteiger charge is 2.31. The van der Waals surface area contributed by atoms with E-state index in [-0.39, 0.29) is 17.3 Å². The first-order valence-corrected chi connectivity index (χ1v) is 8.39. The van der Waals surface area contributed by atoms with Crippen LogP contribution in [0.5, 0.6) is 0 Å². The number of para-hydroxylation sites is 2. The zero-order chi connectivity index (χ0) is 16.2. The number of fused-ring (bicyclic) bond motifs is 1. The third-order valence-corrected chi connectivity index (χ3v) is 5.12. The van der Waals surface area contributed by atoms with Crippen LogP contribution < -0.4 is 5.32 Å². The Bertz CT molecular complexity index is 590. The Labute approximate surface area is 136 Å². The maximum atomic E-state index is 12.2. The third-order valence-electron chi connectivity index (χ3n) is 5.12. The monoisotopic (exact) mass is 317 g/mol. The van der Waals surface area contributed by atoms with Crippen LogP contribution in [0.25, 0.3) is 0 Å². The van der Waals surface area contributed by atoms with E-state index in [9.17, 15) is 14.9 Å². The fraction of sp³-hybridized carbons (Fsp3) is 0.588. The summed E-state index contributed by atoms with van der Waals surface area (Å²) in [5.41, 5.74) is 0.210. The summed E-state index contributed by atoms with van der Waals surface area (Å²) < 4.78 is 0. The van der Waals surface area contributed by atoms with Crippen LogP contribution >= 0.6 is 0 Å². The lowest BCUT2D eigenvalue weighted by atomic mass is 9.75. The van der Waals surface area contributed by atoms with Crippen LogP contribution in [0.3, 0.4) is 0 Å². The molecule has 1 aromatic rings. The van der Waals surface area contributed by atoms with E-state index in [0.29, 0.717) is 6.54 Å². The molecular formula is C17H23N3O3. The van der Waals surface area contributed by atoms with Crippen LogP contribution in [0, 0.1) is 22.0 Å². The number of nitro benzene ring substituents is 1. The Kier molecular flexibility index (Phi) is 4.91. The molecule has 1 heterocycles. The Balaban J connectivity index is 1.57. The lowest BCUT2D eigenvalue weighted by Crippen LogP contribution is -2.44. The molecule has 2 fully saturated rings. The van der Waals surface area contributed by atoms with Crippen LogP contribution in [0.15, 0.2) is 24.3 Å². The van der Waals surface area contributed by atoms with Crippen molar-refractivity contribution in [2.45, 2.75) is 32.1 Å². The molecule has 0 bridgehead atoms. The number of piperidine rings is 1. The van der Waals surface area contributed by atoms with E-state index in [4.69, 9.17) is 0 Å². The van der Waals surface area contributed by atoms with Gasteiger partial charge >= 0.3 is 0 Å². The number of likely N-dealkylation sites (tertiary alicyclic amines) is 1. The number of amides is 1. The van der Waals surface area contributed by atoms with Crippen molar-refractivity contribution in [2.75, 3.05) is 25.0 Å². The third kappa shape index (κ3) is 3.88. The smallest absolute Gasteiger partial charge is 0.292 e. The van der Waals surface area contributed by atoms with Crippen molar-refractivity contribution in [1.29, 1.82) is 0 Å². The Morgan fingerprint density at radius 1 is 1.22 bits per heavy atom. The molecule has 1 aromatic carbocycles. The molecule has 0 spiro atoms. The summed E-state index contributed by atoms with van der Waals surface area (Å²) in [4.78, 5) is 25.0. The molecule has 1 aliphatic carbocycles. The minimum atomic E-state index is -0.469. The standard InChI is InChI=1S/C17H23N3O3/c21-17(18-15-7-3-4-8-16(15)20(22)23)12-19-10-9-13-5-1-2-6-14(13)11-19/h3-4,7-8,13-14H,1-2,5-6,9-12H2,(H,18,21)/t13-,14-/m1/s1. The number of carbonyl (C=O) groups is 1. The highest BCUT2D eigenvalue weighted by atomic mass is 16.6. The van der Waals surface area contributed by atoms with Crippen molar-refractivity contribution in [2.24, 2.45) is 11.8 Å². The van der Waals surface area contributed by atoms with Crippen molar-refractivity contribution in [3.05, 3.63) is 34.4 Å². The van der Waals surface area contributed by atoms with Crippen LogP contribution in [0.2, 0.25) is 0 Å². The summed E-state index contributed by atoms with van der Waals surface area (Å²) in [5, 5.41) is 13.7. The number of nitrogens with one attached hydrogen (secondary N) is 1. The van der Waals surface area contributed by atoms with Gasteiger partial charge in [-0.2, -0.15) is 0 Å². The van der Waals surface area contributed by atoms with E-state index < -0.39 is 4.92 Å². The van der Waals surface area contributed by atoms with Crippen molar-refractivity contribution in [3.63, 3.8) is 0 Å². The molecule has 0 radical (unpaired) electrons. The quantitative estimate of drug-likeness (QED) is 0.684. The van der Waals surface area contributed by atoms with Gasteiger partial charge in [0, 0.05) is 12.6 Å². The number of nitro groups is 1. The summed E-state index contributed by atoms with van der Waals surface area (Å²) >= 11 is 0. The average molecular weight is 317 g/mol. The van der Waals surface area contributed by atoms with Gasteiger partial charge in [-0.1, -0.05) is 31.4 Å². The van der Waals surface area contributed by atoms with Gasteiger partial charge in [-0.3, -0.25) is 19.8 Å². The fourth-order valence-electron chi connectivity index (χ4n) is 3.95. The molecule has 2 aliphatic rings. The first-order valence-electron chi connectivity index (χ1n) is 8.39. The molecular weight excluding hydrogens is 294 g/mol. The number of hydrogen-bond acceptors (Lipinski definition) is 4. The van der Waals surface area contributed by atoms with Gasteiger partial charge in [0.05, 0.1) is 11.5 Å². The molecule has 6 nitrogen and oxygen atoms in total. The number of hydrogen-bond donors (Lipinski definition) is 1. The van der Waals surface area contributed by atoms with E-state index in [0.717, 1.165) is 24.9 Å². The van der Waals surface area contributed by atoms with Crippen molar-refractivity contribution >= 4 is 17.3 Å². The maximum absolute atomic E-state index is 12.2. The van der Waals surface area contributed by atoms with E-state index in [1.807, 2.05) is 0 Å². The minimum absolute atomic E-state index is 0.0631. The lowest BCUT2D eigenvalue weighted by Gasteiger charge is -2.41. The van der Waals surface area contributed by atoms with Gasteiger partial charge in [-0.25, -0.2) is 0 Å². The van der Waals surface area contributed by atoms with Gasteiger partial charge in [0.2, 0.25) is 5.91 Å². The lowest BCUT2D eigenvalue weighted by molar-refractivity contribution is -0.383. The molecule has 1 N–H and O–H groups in total. The molecule has 1 saturated heterocycles. The summed E-state index contributed by atoms with van der Waals surface area (Å²) in [7, 11) is 0. The minimum Gasteiger partial charge on any atom is -0.319 e. The van der Waals surface area contributed by atoms with Crippen LogP contribution in [0.4, 0.5) is 11.4 Å². The molecule has 124 valence electrons. The van der Waals surface area contributed by atoms with Crippen LogP contribution in [-0.2, 0) is 4.79 Å². The second-order valence-corrected chi connectivity index (χ2v) is 6.65. The molecule has 2 atom stereocenters. The van der Waals surface area contributed by atoms with E-state index in [2.05, 4.69) is 10.2 Å². The van der Waals surface area contributed by atoms with Crippen LogP contribution in [0.1, 0.15) is 32.1 Å². The second kappa shape index (κ2) is 7.08. The molecule has 1 saturated carbocycles. The van der Waals surface area contributed by atoms with Gasteiger partial charge < -0.3 is 5.32 Å². The number of carbonyl (C=O) groups excluding carboxylic acids is 1. The highest BCUT2D eigenvalue weighted by molar-refractivity contribution is 5.94. The molecule has 6 heteroatoms. The molecule has 0 aromatic heterocycles. The molecule has 3 rings (SSSR count). The fourth-order valence-corrected chi connectivity index (χ4v) is 3.95. The van der Waals surface area contributed by atoms with E-state index in [1.54, 1.807) is 18.2 Å². The average Bonchev–Trinajstić information content (AvgIpc) is 2.55. The number of anilines is 1. The largest absolute Gasteiger partial charge is 0.319 e. The normalized spacial score (nSPS) is 24.7. The molecule has 1 amide bonds. The summed E-state index contributed by atoms with van der Waals surface area (Å²) in [5.74, 6) is 1.38. The Morgan fingerprint density at radius 3 is 2.74 bits per heavy atom. The van der Waals surface area contributed by atoms with E-state index >= 15 is 0 Å². The summed E-state index contributed by atoms with van der Waals surface area (Å²) in [6.07, 6.45) is 6.42. The van der Waals surface area contributed by atoms with Crippen molar-refractivity contribution < 1.29 is 9.72 Å². The van der Waals surface area contributed by atoms with E-state index in [1.165, 1.54) is 38.2 Å². The predicted molar refractivity (Wildman–Crippen MR) is 88.2 cm³/mol. The van der Waals surface area contributed by atoms with Gasteiger partial charge in [-0.05, 0) is 37.3 Å².